The van der Waals surface area contributed by atoms with Crippen LogP contribution >= 0.6 is 0 Å². The highest BCUT2D eigenvalue weighted by Crippen LogP contribution is 2.33. The van der Waals surface area contributed by atoms with Crippen molar-refractivity contribution in [2.45, 2.75) is 40.3 Å². The van der Waals surface area contributed by atoms with Gasteiger partial charge in [0.25, 0.3) is 0 Å². The van der Waals surface area contributed by atoms with E-state index >= 15 is 0 Å². The molecule has 32 heavy (non-hydrogen) atoms. The molecule has 0 heterocycles. The lowest BCUT2D eigenvalue weighted by atomic mass is 9.98. The van der Waals surface area contributed by atoms with Crippen molar-refractivity contribution in [1.82, 2.24) is 0 Å². The van der Waals surface area contributed by atoms with Gasteiger partial charge in [-0.2, -0.15) is 0 Å². The molecule has 0 fully saturated rings. The highest BCUT2D eigenvalue weighted by Gasteiger charge is 2.13. The van der Waals surface area contributed by atoms with Crippen LogP contribution in [0.15, 0.2) is 24.3 Å². The van der Waals surface area contributed by atoms with Gasteiger partial charge in [0.05, 0.1) is 19.8 Å². The summed E-state index contributed by atoms with van der Waals surface area (Å²) in [6.45, 7) is 9.64. The maximum Gasteiger partial charge on any atom is 0.222 e. The first-order valence-corrected chi connectivity index (χ1v) is 10.8. The summed E-state index contributed by atoms with van der Waals surface area (Å²) in [6, 6.07) is 7.63. The minimum Gasteiger partial charge on any atom is -0.497 e. The van der Waals surface area contributed by atoms with Gasteiger partial charge in [0.2, 0.25) is 12.6 Å². The highest BCUT2D eigenvalue weighted by molar-refractivity contribution is 5.96. The second-order valence-electron chi connectivity index (χ2n) is 6.44. The number of hydrogen-bond donors (Lipinski definition) is 0. The molecule has 0 aliphatic heterocycles. The van der Waals surface area contributed by atoms with E-state index in [2.05, 4.69) is 23.7 Å². The van der Waals surface area contributed by atoms with Gasteiger partial charge in [-0.15, -0.1) is 0 Å². The zero-order chi connectivity index (χ0) is 23.3. The van der Waals surface area contributed by atoms with Crippen LogP contribution in [0.2, 0.25) is 0 Å². The number of benzene rings is 2. The van der Waals surface area contributed by atoms with Gasteiger partial charge in [-0.05, 0) is 63.8 Å². The van der Waals surface area contributed by atoms with Crippen LogP contribution in [0.25, 0.3) is 10.8 Å². The minimum absolute atomic E-state index is 0.504. The van der Waals surface area contributed by atoms with Crippen molar-refractivity contribution in [3.05, 3.63) is 35.4 Å². The van der Waals surface area contributed by atoms with Crippen LogP contribution < -0.4 is 9.47 Å². The molecule has 6 heteroatoms. The van der Waals surface area contributed by atoms with E-state index in [9.17, 15) is 0 Å². The number of ether oxygens (including phenoxy) is 6. The Bertz CT molecular complexity index is 981. The Kier molecular flexibility index (Phi) is 10.9. The van der Waals surface area contributed by atoms with Crippen molar-refractivity contribution < 1.29 is 28.4 Å². The molecule has 2 rings (SSSR count). The van der Waals surface area contributed by atoms with E-state index in [1.54, 1.807) is 14.2 Å². The van der Waals surface area contributed by atoms with Crippen molar-refractivity contribution in [2.24, 2.45) is 0 Å². The second kappa shape index (κ2) is 13.6. The van der Waals surface area contributed by atoms with E-state index in [-0.39, 0.29) is 0 Å². The highest BCUT2D eigenvalue weighted by atomic mass is 16.7. The van der Waals surface area contributed by atoms with Crippen LogP contribution in [0.1, 0.15) is 38.8 Å². The number of rotatable bonds is 10. The van der Waals surface area contributed by atoms with Gasteiger partial charge in [-0.1, -0.05) is 11.8 Å². The third kappa shape index (κ3) is 6.88. The summed E-state index contributed by atoms with van der Waals surface area (Å²) in [5, 5.41) is 1.77. The molecule has 6 nitrogen and oxygen atoms in total. The smallest absolute Gasteiger partial charge is 0.222 e. The Balaban J connectivity index is 2.65. The fraction of sp³-hybridized carbons (Fsp3) is 0.462. The molecule has 2 aromatic carbocycles. The molecule has 172 valence electrons. The first-order chi connectivity index (χ1) is 15.6. The zero-order valence-electron chi connectivity index (χ0n) is 19.7. The fourth-order valence-corrected chi connectivity index (χ4v) is 3.03. The minimum atomic E-state index is -0.611. The summed E-state index contributed by atoms with van der Waals surface area (Å²) in [5.41, 5.74) is 1.49. The number of hydrogen-bond acceptors (Lipinski definition) is 6. The SMILES string of the molecule is CCOC(C#Cc1cc(OC)c(C#CC(OCC)OCC)c2ccc(OC)cc12)OCC. The van der Waals surface area contributed by atoms with Crippen LogP contribution in [0, 0.1) is 23.7 Å². The Hall–Kier alpha value is -2.74. The molecule has 0 spiro atoms. The number of methoxy groups -OCH3 is 2. The van der Waals surface area contributed by atoms with E-state index in [0.29, 0.717) is 32.2 Å². The summed E-state index contributed by atoms with van der Waals surface area (Å²) in [4.78, 5) is 0. The van der Waals surface area contributed by atoms with Gasteiger partial charge in [-0.3, -0.25) is 0 Å². The molecule has 0 bridgehead atoms. The molecule has 0 atom stereocenters. The molecule has 0 aliphatic rings. The lowest BCUT2D eigenvalue weighted by Crippen LogP contribution is -2.15. The monoisotopic (exact) mass is 440 g/mol. The molecule has 0 unspecified atom stereocenters. The third-order valence-electron chi connectivity index (χ3n) is 4.44. The van der Waals surface area contributed by atoms with Gasteiger partial charge in [0, 0.05) is 42.8 Å². The molecule has 0 amide bonds. The van der Waals surface area contributed by atoms with E-state index < -0.39 is 12.6 Å². The predicted molar refractivity (Wildman–Crippen MR) is 125 cm³/mol. The summed E-state index contributed by atoms with van der Waals surface area (Å²) in [7, 11) is 3.24. The van der Waals surface area contributed by atoms with E-state index in [0.717, 1.165) is 27.6 Å². The predicted octanol–water partition coefficient (Wildman–Crippen LogP) is 4.36. The van der Waals surface area contributed by atoms with Crippen LogP contribution in [-0.4, -0.2) is 53.2 Å². The van der Waals surface area contributed by atoms with E-state index in [1.165, 1.54) is 0 Å². The Morgan fingerprint density at radius 2 is 1.25 bits per heavy atom. The zero-order valence-corrected chi connectivity index (χ0v) is 19.7. The van der Waals surface area contributed by atoms with Crippen LogP contribution in [0.3, 0.4) is 0 Å². The Labute approximate surface area is 191 Å². The summed E-state index contributed by atoms with van der Waals surface area (Å²) >= 11 is 0. The Morgan fingerprint density at radius 1 is 0.688 bits per heavy atom. The molecule has 0 N–H and O–H groups in total. The lowest BCUT2D eigenvalue weighted by molar-refractivity contribution is -0.0972. The van der Waals surface area contributed by atoms with Crippen LogP contribution in [-0.2, 0) is 18.9 Å². The van der Waals surface area contributed by atoms with Gasteiger partial charge >= 0.3 is 0 Å². The van der Waals surface area contributed by atoms with Gasteiger partial charge in [0.15, 0.2) is 0 Å². The quantitative estimate of drug-likeness (QED) is 0.404. The molecule has 0 aliphatic carbocycles. The molecular weight excluding hydrogens is 408 g/mol. The van der Waals surface area contributed by atoms with Crippen molar-refractivity contribution in [2.75, 3.05) is 40.6 Å². The van der Waals surface area contributed by atoms with Gasteiger partial charge in [-0.25, -0.2) is 0 Å². The summed E-state index contributed by atoms with van der Waals surface area (Å²) in [5.74, 6) is 13.8. The fourth-order valence-electron chi connectivity index (χ4n) is 3.03. The molecular formula is C26H32O6. The summed E-state index contributed by atoms with van der Waals surface area (Å²) in [6.07, 6.45) is -1.21. The summed E-state index contributed by atoms with van der Waals surface area (Å²) < 4.78 is 33.3. The van der Waals surface area contributed by atoms with Crippen molar-refractivity contribution in [3.8, 4) is 35.2 Å². The first kappa shape index (κ1) is 25.5. The molecule has 0 saturated heterocycles. The maximum absolute atomic E-state index is 5.66. The average molecular weight is 441 g/mol. The lowest BCUT2D eigenvalue weighted by Gasteiger charge is -2.13. The normalized spacial score (nSPS) is 10.6. The topological polar surface area (TPSA) is 55.4 Å². The maximum atomic E-state index is 5.66. The standard InChI is InChI=1S/C26H32O6/c1-7-29-25(30-8-2)15-11-19-17-24(28-6)22(14-16-26(31-9-3)32-10-4)21-13-12-20(27-5)18-23(19)21/h12-13,17-18,25-26H,7-10H2,1-6H3. The van der Waals surface area contributed by atoms with Crippen molar-refractivity contribution in [3.63, 3.8) is 0 Å². The van der Waals surface area contributed by atoms with E-state index in [1.807, 2.05) is 52.0 Å². The molecule has 0 saturated carbocycles. The number of fused-ring (bicyclic) bond motifs is 1. The Morgan fingerprint density at radius 3 is 1.75 bits per heavy atom. The van der Waals surface area contributed by atoms with Crippen molar-refractivity contribution >= 4 is 10.8 Å². The molecule has 0 aromatic heterocycles. The van der Waals surface area contributed by atoms with Crippen LogP contribution in [0.5, 0.6) is 11.5 Å². The second-order valence-corrected chi connectivity index (χ2v) is 6.44. The third-order valence-corrected chi connectivity index (χ3v) is 4.44. The largest absolute Gasteiger partial charge is 0.497 e. The van der Waals surface area contributed by atoms with Crippen LogP contribution in [0.4, 0.5) is 0 Å². The molecule has 2 aromatic rings. The van der Waals surface area contributed by atoms with Gasteiger partial charge in [0.1, 0.15) is 11.5 Å². The van der Waals surface area contributed by atoms with Crippen molar-refractivity contribution in [1.29, 1.82) is 0 Å². The average Bonchev–Trinajstić information content (AvgIpc) is 2.81. The first-order valence-electron chi connectivity index (χ1n) is 10.8. The molecule has 0 radical (unpaired) electrons. The van der Waals surface area contributed by atoms with Gasteiger partial charge < -0.3 is 28.4 Å². The van der Waals surface area contributed by atoms with E-state index in [4.69, 9.17) is 28.4 Å².